The second kappa shape index (κ2) is 5.39. The molecule has 0 unspecified atom stereocenters. The van der Waals surface area contributed by atoms with Gasteiger partial charge in [0, 0.05) is 26.2 Å². The number of piperazine rings is 1. The Hall–Kier alpha value is -1.56. The summed E-state index contributed by atoms with van der Waals surface area (Å²) in [5.74, 6) is 0.0691. The SMILES string of the molecule is C=CC(=O)N1CCN(C(=O)c2ccc(Br)o2)CC1. The highest BCUT2D eigenvalue weighted by Gasteiger charge is 2.25. The van der Waals surface area contributed by atoms with Crippen LogP contribution in [0.25, 0.3) is 0 Å². The highest BCUT2D eigenvalue weighted by Crippen LogP contribution is 2.16. The molecule has 1 aliphatic heterocycles. The second-order valence-corrected chi connectivity index (χ2v) is 4.71. The maximum Gasteiger partial charge on any atom is 0.289 e. The molecule has 0 saturated carbocycles. The van der Waals surface area contributed by atoms with E-state index in [0.29, 0.717) is 36.6 Å². The predicted octanol–water partition coefficient (Wildman–Crippen LogP) is 1.51. The number of amides is 2. The van der Waals surface area contributed by atoms with Crippen molar-refractivity contribution in [2.24, 2.45) is 0 Å². The second-order valence-electron chi connectivity index (χ2n) is 3.93. The summed E-state index contributed by atoms with van der Waals surface area (Å²) >= 11 is 3.16. The van der Waals surface area contributed by atoms with E-state index in [9.17, 15) is 9.59 Å². The van der Waals surface area contributed by atoms with Crippen LogP contribution in [-0.4, -0.2) is 47.8 Å². The fourth-order valence-corrected chi connectivity index (χ4v) is 2.15. The van der Waals surface area contributed by atoms with Gasteiger partial charge in [0.15, 0.2) is 10.4 Å². The summed E-state index contributed by atoms with van der Waals surface area (Å²) in [5, 5.41) is 0. The van der Waals surface area contributed by atoms with Crippen LogP contribution < -0.4 is 0 Å². The van der Waals surface area contributed by atoms with Gasteiger partial charge in [-0.05, 0) is 34.1 Å². The van der Waals surface area contributed by atoms with Crippen molar-refractivity contribution in [2.45, 2.75) is 0 Å². The van der Waals surface area contributed by atoms with Crippen molar-refractivity contribution in [3.8, 4) is 0 Å². The van der Waals surface area contributed by atoms with Crippen LogP contribution in [0.15, 0.2) is 33.9 Å². The topological polar surface area (TPSA) is 53.8 Å². The molecule has 0 N–H and O–H groups in total. The standard InChI is InChI=1S/C12H13BrN2O3/c1-2-11(16)14-5-7-15(8-6-14)12(17)9-3-4-10(13)18-9/h2-4H,1,5-8H2. The largest absolute Gasteiger partial charge is 0.444 e. The zero-order valence-corrected chi connectivity index (χ0v) is 11.4. The average Bonchev–Trinajstić information content (AvgIpc) is 2.84. The quantitative estimate of drug-likeness (QED) is 0.778. The Kier molecular flexibility index (Phi) is 3.86. The first kappa shape index (κ1) is 12.9. The number of carbonyl (C=O) groups excluding carboxylic acids is 2. The molecule has 1 fully saturated rings. The third-order valence-electron chi connectivity index (χ3n) is 2.84. The van der Waals surface area contributed by atoms with Gasteiger partial charge in [-0.25, -0.2) is 0 Å². The summed E-state index contributed by atoms with van der Waals surface area (Å²) in [6, 6.07) is 3.32. The van der Waals surface area contributed by atoms with Gasteiger partial charge in [-0.1, -0.05) is 6.58 Å². The average molecular weight is 313 g/mol. The van der Waals surface area contributed by atoms with Crippen molar-refractivity contribution in [2.75, 3.05) is 26.2 Å². The lowest BCUT2D eigenvalue weighted by Gasteiger charge is -2.33. The van der Waals surface area contributed by atoms with Gasteiger partial charge in [0.1, 0.15) is 0 Å². The zero-order chi connectivity index (χ0) is 13.1. The molecule has 2 heterocycles. The minimum absolute atomic E-state index is 0.0946. The number of hydrogen-bond donors (Lipinski definition) is 0. The lowest BCUT2D eigenvalue weighted by Crippen LogP contribution is -2.50. The van der Waals surface area contributed by atoms with E-state index in [-0.39, 0.29) is 11.8 Å². The Bertz CT molecular complexity index is 475. The van der Waals surface area contributed by atoms with E-state index < -0.39 is 0 Å². The monoisotopic (exact) mass is 312 g/mol. The first-order valence-electron chi connectivity index (χ1n) is 5.58. The summed E-state index contributed by atoms with van der Waals surface area (Å²) in [4.78, 5) is 26.8. The normalized spacial score (nSPS) is 15.6. The zero-order valence-electron chi connectivity index (χ0n) is 9.76. The highest BCUT2D eigenvalue weighted by molar-refractivity contribution is 9.10. The van der Waals surface area contributed by atoms with Crippen molar-refractivity contribution in [1.29, 1.82) is 0 Å². The van der Waals surface area contributed by atoms with E-state index in [1.807, 2.05) is 0 Å². The van der Waals surface area contributed by atoms with Crippen molar-refractivity contribution in [1.82, 2.24) is 9.80 Å². The van der Waals surface area contributed by atoms with Gasteiger partial charge < -0.3 is 14.2 Å². The predicted molar refractivity (Wildman–Crippen MR) is 69.1 cm³/mol. The number of furan rings is 1. The van der Waals surface area contributed by atoms with Gasteiger partial charge in [0.05, 0.1) is 0 Å². The number of nitrogens with zero attached hydrogens (tertiary/aromatic N) is 2. The Balaban J connectivity index is 1.95. The molecule has 96 valence electrons. The molecule has 2 amide bonds. The molecule has 1 aromatic heterocycles. The van der Waals surface area contributed by atoms with Crippen molar-refractivity contribution < 1.29 is 14.0 Å². The molecule has 0 bridgehead atoms. The highest BCUT2D eigenvalue weighted by atomic mass is 79.9. The Morgan fingerprint density at radius 1 is 1.22 bits per heavy atom. The summed E-state index contributed by atoms with van der Waals surface area (Å²) in [7, 11) is 0. The van der Waals surface area contributed by atoms with Gasteiger partial charge in [0.25, 0.3) is 5.91 Å². The van der Waals surface area contributed by atoms with Crippen LogP contribution in [-0.2, 0) is 4.79 Å². The Labute approximate surface area is 113 Å². The molecule has 2 rings (SSSR count). The summed E-state index contributed by atoms with van der Waals surface area (Å²) < 4.78 is 5.76. The Morgan fingerprint density at radius 2 is 1.83 bits per heavy atom. The molecule has 0 aromatic carbocycles. The molecule has 6 heteroatoms. The van der Waals surface area contributed by atoms with Crippen LogP contribution in [0, 0.1) is 0 Å². The van der Waals surface area contributed by atoms with Crippen LogP contribution in [0.5, 0.6) is 0 Å². The molecule has 1 aliphatic rings. The lowest BCUT2D eigenvalue weighted by atomic mass is 10.3. The first-order valence-corrected chi connectivity index (χ1v) is 6.37. The maximum absolute atomic E-state index is 12.0. The number of halogens is 1. The van der Waals surface area contributed by atoms with E-state index in [0.717, 1.165) is 0 Å². The van der Waals surface area contributed by atoms with Gasteiger partial charge in [0.2, 0.25) is 5.91 Å². The number of carbonyl (C=O) groups is 2. The fourth-order valence-electron chi connectivity index (χ4n) is 1.84. The molecule has 18 heavy (non-hydrogen) atoms. The molecule has 5 nitrogen and oxygen atoms in total. The van der Waals surface area contributed by atoms with Crippen LogP contribution in [0.4, 0.5) is 0 Å². The lowest BCUT2D eigenvalue weighted by molar-refractivity contribution is -0.127. The molecule has 0 aliphatic carbocycles. The third-order valence-corrected chi connectivity index (χ3v) is 3.26. The van der Waals surface area contributed by atoms with Crippen LogP contribution >= 0.6 is 15.9 Å². The van der Waals surface area contributed by atoms with Crippen molar-refractivity contribution in [3.05, 3.63) is 35.2 Å². The molecule has 0 atom stereocenters. The summed E-state index contributed by atoms with van der Waals surface area (Å²) in [6.07, 6.45) is 1.29. The van der Waals surface area contributed by atoms with Crippen LogP contribution in [0.1, 0.15) is 10.6 Å². The third kappa shape index (κ3) is 2.64. The van der Waals surface area contributed by atoms with E-state index in [1.54, 1.807) is 21.9 Å². The minimum atomic E-state index is -0.147. The molecular formula is C12H13BrN2O3. The van der Waals surface area contributed by atoms with E-state index in [1.165, 1.54) is 6.08 Å². The van der Waals surface area contributed by atoms with E-state index >= 15 is 0 Å². The Morgan fingerprint density at radius 3 is 2.33 bits per heavy atom. The van der Waals surface area contributed by atoms with Gasteiger partial charge in [-0.3, -0.25) is 9.59 Å². The fraction of sp³-hybridized carbons (Fsp3) is 0.333. The smallest absolute Gasteiger partial charge is 0.289 e. The molecular weight excluding hydrogens is 300 g/mol. The summed E-state index contributed by atoms with van der Waals surface area (Å²) in [6.45, 7) is 5.52. The maximum atomic E-state index is 12.0. The van der Waals surface area contributed by atoms with Crippen LogP contribution in [0.2, 0.25) is 0 Å². The molecule has 1 saturated heterocycles. The van der Waals surface area contributed by atoms with Gasteiger partial charge >= 0.3 is 0 Å². The molecule has 0 radical (unpaired) electrons. The van der Waals surface area contributed by atoms with E-state index in [4.69, 9.17) is 4.42 Å². The number of hydrogen-bond acceptors (Lipinski definition) is 3. The summed E-state index contributed by atoms with van der Waals surface area (Å²) in [5.41, 5.74) is 0. The first-order chi connectivity index (χ1) is 8.61. The molecule has 0 spiro atoms. The number of rotatable bonds is 2. The minimum Gasteiger partial charge on any atom is -0.444 e. The van der Waals surface area contributed by atoms with Gasteiger partial charge in [-0.2, -0.15) is 0 Å². The molecule has 1 aromatic rings. The van der Waals surface area contributed by atoms with Crippen molar-refractivity contribution >= 4 is 27.7 Å². The van der Waals surface area contributed by atoms with Crippen LogP contribution in [0.3, 0.4) is 0 Å². The van der Waals surface area contributed by atoms with Crippen molar-refractivity contribution in [3.63, 3.8) is 0 Å². The van der Waals surface area contributed by atoms with Gasteiger partial charge in [-0.15, -0.1) is 0 Å². The van der Waals surface area contributed by atoms with E-state index in [2.05, 4.69) is 22.5 Å².